The zero-order valence-electron chi connectivity index (χ0n) is 8.89. The van der Waals surface area contributed by atoms with Gasteiger partial charge in [0.15, 0.2) is 0 Å². The van der Waals surface area contributed by atoms with Crippen LogP contribution in [0.25, 0.3) is 0 Å². The van der Waals surface area contributed by atoms with Crippen LogP contribution in [-0.2, 0) is 6.54 Å². The van der Waals surface area contributed by atoms with Gasteiger partial charge in [0, 0.05) is 25.5 Å². The first kappa shape index (κ1) is 12.8. The lowest BCUT2D eigenvalue weighted by Gasteiger charge is -2.19. The Hall–Kier alpha value is -1.27. The van der Waals surface area contributed by atoms with Gasteiger partial charge in [0.25, 0.3) is 0 Å². The number of imidazole rings is 1. The summed E-state index contributed by atoms with van der Waals surface area (Å²) in [7, 11) is 0. The van der Waals surface area contributed by atoms with E-state index in [2.05, 4.69) is 11.6 Å². The number of halogens is 2. The zero-order valence-corrected chi connectivity index (χ0v) is 8.89. The van der Waals surface area contributed by atoms with Gasteiger partial charge in [0.05, 0.1) is 13.2 Å². The number of rotatable bonds is 7. The maximum Gasteiger partial charge on any atom is 0.319 e. The molecule has 0 bridgehead atoms. The smallest absolute Gasteiger partial charge is 0.319 e. The first-order valence-electron chi connectivity index (χ1n) is 4.93. The largest absolute Gasteiger partial charge is 0.395 e. The Morgan fingerprint density at radius 3 is 2.94 bits per heavy atom. The van der Waals surface area contributed by atoms with E-state index in [9.17, 15) is 8.78 Å². The molecular weight excluding hydrogens is 216 g/mol. The van der Waals surface area contributed by atoms with Crippen LogP contribution < -0.4 is 0 Å². The summed E-state index contributed by atoms with van der Waals surface area (Å²) in [4.78, 5) is 5.65. The Bertz CT molecular complexity index is 328. The van der Waals surface area contributed by atoms with Crippen LogP contribution in [0.15, 0.2) is 25.0 Å². The van der Waals surface area contributed by atoms with E-state index in [1.54, 1.807) is 11.0 Å². The van der Waals surface area contributed by atoms with Crippen molar-refractivity contribution in [3.05, 3.63) is 30.9 Å². The Balaban J connectivity index is 2.68. The van der Waals surface area contributed by atoms with E-state index in [-0.39, 0.29) is 19.0 Å². The Morgan fingerprint density at radius 2 is 2.38 bits per heavy atom. The van der Waals surface area contributed by atoms with Crippen LogP contribution in [0.3, 0.4) is 0 Å². The van der Waals surface area contributed by atoms with Gasteiger partial charge in [-0.1, -0.05) is 6.08 Å². The minimum atomic E-state index is -2.59. The van der Waals surface area contributed by atoms with E-state index in [1.807, 2.05) is 0 Å². The topological polar surface area (TPSA) is 41.3 Å². The summed E-state index contributed by atoms with van der Waals surface area (Å²) in [5.74, 6) is 0.283. The molecule has 0 fully saturated rings. The standard InChI is InChI=1S/C10H15F2N3O/c1-2-4-14(6-7-16)8-9-13-3-5-15(9)10(11)12/h2-3,5,10,16H,1,4,6-8H2. The van der Waals surface area contributed by atoms with Gasteiger partial charge < -0.3 is 5.11 Å². The van der Waals surface area contributed by atoms with Crippen molar-refractivity contribution in [3.8, 4) is 0 Å². The molecule has 0 aliphatic carbocycles. The van der Waals surface area contributed by atoms with Crippen molar-refractivity contribution in [1.29, 1.82) is 0 Å². The highest BCUT2D eigenvalue weighted by atomic mass is 19.3. The molecule has 90 valence electrons. The van der Waals surface area contributed by atoms with Gasteiger partial charge in [-0.15, -0.1) is 6.58 Å². The average Bonchev–Trinajstić information content (AvgIpc) is 2.66. The predicted molar refractivity (Wildman–Crippen MR) is 56.0 cm³/mol. The fraction of sp³-hybridized carbons (Fsp3) is 0.500. The highest BCUT2D eigenvalue weighted by Crippen LogP contribution is 2.13. The molecule has 0 atom stereocenters. The van der Waals surface area contributed by atoms with E-state index in [4.69, 9.17) is 5.11 Å². The van der Waals surface area contributed by atoms with Crippen LogP contribution in [-0.4, -0.2) is 39.3 Å². The van der Waals surface area contributed by atoms with Gasteiger partial charge in [0.2, 0.25) is 0 Å². The molecular formula is C10H15F2N3O. The number of hydrogen-bond acceptors (Lipinski definition) is 3. The highest BCUT2D eigenvalue weighted by Gasteiger charge is 2.13. The molecule has 0 spiro atoms. The lowest BCUT2D eigenvalue weighted by atomic mass is 10.4. The molecule has 0 saturated heterocycles. The summed E-state index contributed by atoms with van der Waals surface area (Å²) >= 11 is 0. The molecule has 1 heterocycles. The van der Waals surface area contributed by atoms with Crippen molar-refractivity contribution >= 4 is 0 Å². The molecule has 1 aromatic heterocycles. The van der Waals surface area contributed by atoms with Crippen molar-refractivity contribution in [2.24, 2.45) is 0 Å². The molecule has 1 aromatic rings. The van der Waals surface area contributed by atoms with Crippen molar-refractivity contribution in [2.75, 3.05) is 19.7 Å². The molecule has 0 aliphatic heterocycles. The Labute approximate surface area is 92.8 Å². The molecule has 0 saturated carbocycles. The Kier molecular flexibility index (Phi) is 5.07. The average molecular weight is 231 g/mol. The highest BCUT2D eigenvalue weighted by molar-refractivity contribution is 4.93. The third-order valence-electron chi connectivity index (χ3n) is 2.13. The minimum Gasteiger partial charge on any atom is -0.395 e. The second-order valence-corrected chi connectivity index (χ2v) is 3.28. The normalized spacial score (nSPS) is 11.3. The molecule has 1 rings (SSSR count). The fourth-order valence-corrected chi connectivity index (χ4v) is 1.40. The number of aliphatic hydroxyl groups is 1. The summed E-state index contributed by atoms with van der Waals surface area (Å²) < 4.78 is 25.8. The maximum absolute atomic E-state index is 12.5. The maximum atomic E-state index is 12.5. The van der Waals surface area contributed by atoms with Gasteiger partial charge in [-0.25, -0.2) is 4.98 Å². The van der Waals surface area contributed by atoms with Gasteiger partial charge >= 0.3 is 6.55 Å². The van der Waals surface area contributed by atoms with Gasteiger partial charge in [-0.3, -0.25) is 9.47 Å². The summed E-state index contributed by atoms with van der Waals surface area (Å²) in [6.45, 7) is 2.16. The molecule has 0 aliphatic rings. The van der Waals surface area contributed by atoms with Gasteiger partial charge in [-0.05, 0) is 0 Å². The molecule has 1 N–H and O–H groups in total. The van der Waals surface area contributed by atoms with E-state index in [0.29, 0.717) is 13.1 Å². The molecule has 4 nitrogen and oxygen atoms in total. The minimum absolute atomic E-state index is 0.0246. The first-order valence-corrected chi connectivity index (χ1v) is 4.93. The molecule has 0 amide bonds. The van der Waals surface area contributed by atoms with Crippen LogP contribution in [0, 0.1) is 0 Å². The van der Waals surface area contributed by atoms with E-state index in [1.165, 1.54) is 12.4 Å². The molecule has 0 unspecified atom stereocenters. The summed E-state index contributed by atoms with van der Waals surface area (Å²) in [5.41, 5.74) is 0. The Morgan fingerprint density at radius 1 is 1.62 bits per heavy atom. The van der Waals surface area contributed by atoms with E-state index in [0.717, 1.165) is 4.57 Å². The second-order valence-electron chi connectivity index (χ2n) is 3.28. The monoisotopic (exact) mass is 231 g/mol. The third-order valence-corrected chi connectivity index (χ3v) is 2.13. The fourth-order valence-electron chi connectivity index (χ4n) is 1.40. The van der Waals surface area contributed by atoms with Crippen LogP contribution in [0.4, 0.5) is 8.78 Å². The SMILES string of the molecule is C=CCN(CCO)Cc1nccn1C(F)F. The number of alkyl halides is 2. The number of aromatic nitrogens is 2. The summed E-state index contributed by atoms with van der Waals surface area (Å²) in [6.07, 6.45) is 4.24. The lowest BCUT2D eigenvalue weighted by Crippen LogP contribution is -2.28. The van der Waals surface area contributed by atoms with Crippen molar-refractivity contribution in [2.45, 2.75) is 13.1 Å². The van der Waals surface area contributed by atoms with E-state index < -0.39 is 6.55 Å². The lowest BCUT2D eigenvalue weighted by molar-refractivity contribution is 0.0637. The molecule has 0 radical (unpaired) electrons. The number of aliphatic hydroxyl groups excluding tert-OH is 1. The quantitative estimate of drug-likeness (QED) is 0.718. The van der Waals surface area contributed by atoms with Crippen molar-refractivity contribution in [3.63, 3.8) is 0 Å². The molecule has 16 heavy (non-hydrogen) atoms. The van der Waals surface area contributed by atoms with Crippen molar-refractivity contribution < 1.29 is 13.9 Å². The van der Waals surface area contributed by atoms with Crippen LogP contribution in [0.1, 0.15) is 12.4 Å². The molecule has 0 aromatic carbocycles. The first-order chi connectivity index (χ1) is 7.69. The van der Waals surface area contributed by atoms with E-state index >= 15 is 0 Å². The van der Waals surface area contributed by atoms with Crippen LogP contribution >= 0.6 is 0 Å². The van der Waals surface area contributed by atoms with Crippen molar-refractivity contribution in [1.82, 2.24) is 14.5 Å². The van der Waals surface area contributed by atoms with Gasteiger partial charge in [-0.2, -0.15) is 8.78 Å². The zero-order chi connectivity index (χ0) is 12.0. The van der Waals surface area contributed by atoms with Crippen LogP contribution in [0.5, 0.6) is 0 Å². The number of hydrogen-bond donors (Lipinski definition) is 1. The predicted octanol–water partition coefficient (Wildman–Crippen LogP) is 1.26. The van der Waals surface area contributed by atoms with Crippen LogP contribution in [0.2, 0.25) is 0 Å². The summed E-state index contributed by atoms with van der Waals surface area (Å²) in [5, 5.41) is 8.82. The third kappa shape index (κ3) is 3.39. The number of nitrogens with zero attached hydrogens (tertiary/aromatic N) is 3. The molecule has 6 heteroatoms. The second kappa shape index (κ2) is 6.34. The summed E-state index contributed by atoms with van der Waals surface area (Å²) in [6, 6.07) is 0. The van der Waals surface area contributed by atoms with Gasteiger partial charge in [0.1, 0.15) is 5.82 Å².